The van der Waals surface area contributed by atoms with Gasteiger partial charge in [0.15, 0.2) is 0 Å². The molecule has 0 saturated carbocycles. The molecule has 1 aromatic heterocycles. The van der Waals surface area contributed by atoms with E-state index in [0.717, 1.165) is 11.1 Å². The second-order valence-corrected chi connectivity index (χ2v) is 6.06. The second-order valence-electron chi connectivity index (χ2n) is 6.06. The first-order chi connectivity index (χ1) is 12.5. The number of nitrogens with zero attached hydrogens (tertiary/aromatic N) is 2. The lowest BCUT2D eigenvalue weighted by Crippen LogP contribution is -2.40. The molecule has 26 heavy (non-hydrogen) atoms. The molecule has 2 aromatic rings. The molecule has 0 aliphatic carbocycles. The molecule has 0 aliphatic rings. The Morgan fingerprint density at radius 3 is 2.65 bits per heavy atom. The fraction of sp³-hybridized carbons (Fsp3) is 0.316. The highest BCUT2D eigenvalue weighted by Gasteiger charge is 2.17. The van der Waals surface area contributed by atoms with Gasteiger partial charge in [0, 0.05) is 32.4 Å². The summed E-state index contributed by atoms with van der Waals surface area (Å²) >= 11 is 0. The molecule has 7 heteroatoms. The smallest absolute Gasteiger partial charge is 0.317 e. The molecular formula is C19H23N3O4. The Kier molecular flexibility index (Phi) is 6.96. The van der Waals surface area contributed by atoms with Gasteiger partial charge in [-0.25, -0.2) is 9.78 Å². The Morgan fingerprint density at radius 2 is 1.96 bits per heavy atom. The molecule has 0 aliphatic heterocycles. The molecule has 7 nitrogen and oxygen atoms in total. The van der Waals surface area contributed by atoms with Crippen LogP contribution in [0.1, 0.15) is 18.1 Å². The van der Waals surface area contributed by atoms with Crippen LogP contribution in [0.15, 0.2) is 48.7 Å². The predicted molar refractivity (Wildman–Crippen MR) is 96.7 cm³/mol. The molecule has 0 saturated heterocycles. The fourth-order valence-corrected chi connectivity index (χ4v) is 2.26. The number of carboxylic acid groups (broad SMARTS) is 1. The van der Waals surface area contributed by atoms with Gasteiger partial charge >= 0.3 is 12.0 Å². The monoisotopic (exact) mass is 357 g/mol. The van der Waals surface area contributed by atoms with Crippen molar-refractivity contribution < 1.29 is 19.4 Å². The van der Waals surface area contributed by atoms with Crippen LogP contribution in [0.5, 0.6) is 5.88 Å². The minimum Gasteiger partial charge on any atom is -0.481 e. The standard InChI is InChI=1S/C19H23N3O4/c1-14(18(23)24)12-22(2)19(25)21-11-16-8-9-20-17(10-16)26-13-15-6-4-3-5-7-15/h3-10,14H,11-13H2,1-2H3,(H,21,25)(H,23,24). The third-order valence-corrected chi connectivity index (χ3v) is 3.79. The number of benzene rings is 1. The van der Waals surface area contributed by atoms with E-state index < -0.39 is 11.9 Å². The van der Waals surface area contributed by atoms with Gasteiger partial charge in [-0.1, -0.05) is 37.3 Å². The zero-order valence-electron chi connectivity index (χ0n) is 14.9. The van der Waals surface area contributed by atoms with E-state index in [9.17, 15) is 9.59 Å². The summed E-state index contributed by atoms with van der Waals surface area (Å²) in [6.45, 7) is 2.42. The van der Waals surface area contributed by atoms with E-state index in [-0.39, 0.29) is 12.6 Å². The minimum absolute atomic E-state index is 0.142. The number of carbonyl (C=O) groups is 2. The van der Waals surface area contributed by atoms with Crippen molar-refractivity contribution in [2.75, 3.05) is 13.6 Å². The number of carboxylic acids is 1. The first kappa shape index (κ1) is 19.2. The summed E-state index contributed by atoms with van der Waals surface area (Å²) in [5.41, 5.74) is 1.89. The lowest BCUT2D eigenvalue weighted by atomic mass is 10.2. The van der Waals surface area contributed by atoms with Gasteiger partial charge in [0.2, 0.25) is 5.88 Å². The molecule has 1 heterocycles. The Bertz CT molecular complexity index is 737. The van der Waals surface area contributed by atoms with Crippen LogP contribution >= 0.6 is 0 Å². The van der Waals surface area contributed by atoms with Gasteiger partial charge in [0.25, 0.3) is 0 Å². The Balaban J connectivity index is 1.84. The molecule has 1 aromatic carbocycles. The normalized spacial score (nSPS) is 11.5. The van der Waals surface area contributed by atoms with E-state index in [1.807, 2.05) is 30.3 Å². The lowest BCUT2D eigenvalue weighted by molar-refractivity contribution is -0.141. The summed E-state index contributed by atoms with van der Waals surface area (Å²) < 4.78 is 5.67. The summed E-state index contributed by atoms with van der Waals surface area (Å²) in [5.74, 6) is -1.07. The van der Waals surface area contributed by atoms with Crippen LogP contribution in [0.2, 0.25) is 0 Å². The molecule has 0 bridgehead atoms. The largest absolute Gasteiger partial charge is 0.481 e. The van der Waals surface area contributed by atoms with Gasteiger partial charge in [-0.05, 0) is 17.2 Å². The van der Waals surface area contributed by atoms with Crippen molar-refractivity contribution in [2.45, 2.75) is 20.1 Å². The van der Waals surface area contributed by atoms with E-state index in [1.54, 1.807) is 32.3 Å². The summed E-state index contributed by atoms with van der Waals surface area (Å²) in [4.78, 5) is 28.4. The number of hydrogen-bond donors (Lipinski definition) is 2. The van der Waals surface area contributed by atoms with Gasteiger partial charge < -0.3 is 20.1 Å². The molecular weight excluding hydrogens is 334 g/mol. The van der Waals surface area contributed by atoms with Crippen LogP contribution in [-0.2, 0) is 17.9 Å². The highest BCUT2D eigenvalue weighted by atomic mass is 16.5. The first-order valence-electron chi connectivity index (χ1n) is 8.29. The molecule has 138 valence electrons. The molecule has 1 atom stereocenters. The average molecular weight is 357 g/mol. The van der Waals surface area contributed by atoms with Gasteiger partial charge in [0.05, 0.1) is 5.92 Å². The van der Waals surface area contributed by atoms with Crippen LogP contribution in [0.25, 0.3) is 0 Å². The maximum absolute atomic E-state index is 12.0. The van der Waals surface area contributed by atoms with Crippen LogP contribution < -0.4 is 10.1 Å². The number of carbonyl (C=O) groups excluding carboxylic acids is 1. The van der Waals surface area contributed by atoms with Crippen molar-refractivity contribution in [2.24, 2.45) is 5.92 Å². The number of hydrogen-bond acceptors (Lipinski definition) is 4. The number of ether oxygens (including phenoxy) is 1. The van der Waals surface area contributed by atoms with Crippen molar-refractivity contribution in [3.63, 3.8) is 0 Å². The van der Waals surface area contributed by atoms with Crippen LogP contribution in [0.3, 0.4) is 0 Å². The molecule has 0 radical (unpaired) electrons. The molecule has 1 unspecified atom stereocenters. The second kappa shape index (κ2) is 9.41. The summed E-state index contributed by atoms with van der Waals surface area (Å²) in [6.07, 6.45) is 1.62. The van der Waals surface area contributed by atoms with Gasteiger partial charge in [-0.15, -0.1) is 0 Å². The van der Waals surface area contributed by atoms with Crippen molar-refractivity contribution in [3.05, 3.63) is 59.8 Å². The summed E-state index contributed by atoms with van der Waals surface area (Å²) in [7, 11) is 1.57. The van der Waals surface area contributed by atoms with E-state index in [2.05, 4.69) is 10.3 Å². The van der Waals surface area contributed by atoms with Crippen molar-refractivity contribution in [3.8, 4) is 5.88 Å². The van der Waals surface area contributed by atoms with Crippen molar-refractivity contribution >= 4 is 12.0 Å². The van der Waals surface area contributed by atoms with E-state index in [4.69, 9.17) is 9.84 Å². The number of amides is 2. The first-order valence-corrected chi connectivity index (χ1v) is 8.29. The van der Waals surface area contributed by atoms with Gasteiger partial charge in [-0.2, -0.15) is 0 Å². The molecule has 2 N–H and O–H groups in total. The topological polar surface area (TPSA) is 91.8 Å². The van der Waals surface area contributed by atoms with Crippen molar-refractivity contribution in [1.29, 1.82) is 0 Å². The van der Waals surface area contributed by atoms with E-state index in [1.165, 1.54) is 4.90 Å². The van der Waals surface area contributed by atoms with Crippen LogP contribution in [-0.4, -0.2) is 40.6 Å². The highest BCUT2D eigenvalue weighted by Crippen LogP contribution is 2.12. The molecule has 0 spiro atoms. The summed E-state index contributed by atoms with van der Waals surface area (Å²) in [5, 5.41) is 11.7. The van der Waals surface area contributed by atoms with Gasteiger partial charge in [-0.3, -0.25) is 4.79 Å². The summed E-state index contributed by atoms with van der Waals surface area (Å²) in [6, 6.07) is 13.0. The fourth-order valence-electron chi connectivity index (χ4n) is 2.26. The van der Waals surface area contributed by atoms with Crippen LogP contribution in [0.4, 0.5) is 4.79 Å². The predicted octanol–water partition coefficient (Wildman–Crippen LogP) is 2.52. The SMILES string of the molecule is CC(CN(C)C(=O)NCc1ccnc(OCc2ccccc2)c1)C(=O)O. The Hall–Kier alpha value is -3.09. The van der Waals surface area contributed by atoms with Crippen molar-refractivity contribution in [1.82, 2.24) is 15.2 Å². The molecule has 2 rings (SSSR count). The maximum atomic E-state index is 12.0. The number of aromatic nitrogens is 1. The molecule has 2 amide bonds. The number of rotatable bonds is 8. The third kappa shape index (κ3) is 6.08. The minimum atomic E-state index is -0.931. The number of urea groups is 1. The zero-order valence-corrected chi connectivity index (χ0v) is 14.9. The highest BCUT2D eigenvalue weighted by molar-refractivity contribution is 5.75. The maximum Gasteiger partial charge on any atom is 0.317 e. The van der Waals surface area contributed by atoms with Gasteiger partial charge in [0.1, 0.15) is 6.61 Å². The Labute approximate surface area is 152 Å². The zero-order chi connectivity index (χ0) is 18.9. The quantitative estimate of drug-likeness (QED) is 0.757. The lowest BCUT2D eigenvalue weighted by Gasteiger charge is -2.20. The van der Waals surface area contributed by atoms with E-state index in [0.29, 0.717) is 19.0 Å². The van der Waals surface area contributed by atoms with Crippen LogP contribution in [0, 0.1) is 5.92 Å². The number of nitrogens with one attached hydrogen (secondary N) is 1. The Morgan fingerprint density at radius 1 is 1.23 bits per heavy atom. The molecule has 0 fully saturated rings. The van der Waals surface area contributed by atoms with E-state index >= 15 is 0 Å². The average Bonchev–Trinajstić information content (AvgIpc) is 2.65. The number of aliphatic carboxylic acids is 1. The third-order valence-electron chi connectivity index (χ3n) is 3.79. The number of pyridine rings is 1.